The van der Waals surface area contributed by atoms with E-state index in [-0.39, 0.29) is 33.8 Å². The zero-order valence-electron chi connectivity index (χ0n) is 29.3. The van der Waals surface area contributed by atoms with E-state index in [4.69, 9.17) is 21.3 Å². The number of ether oxygens (including phenoxy) is 1. The summed E-state index contributed by atoms with van der Waals surface area (Å²) in [6, 6.07) is 11.4. The van der Waals surface area contributed by atoms with Gasteiger partial charge in [0.15, 0.2) is 11.3 Å². The van der Waals surface area contributed by atoms with Crippen molar-refractivity contribution in [2.24, 2.45) is 11.8 Å². The number of aromatic carboxylic acids is 1. The standard InChI is InChI=1S/C21H18BrN5O3S.C16H9BrClN3O3S/c1-25-6-10-8-26(9-11(10)7-25)21-23-5-13-17(28)16(20(29)30)19-27(18(13)24-21)14-3-2-12(22)4-15(14)31-19;1-2-24-15(23)11-12(22)8-6-19-16(18)20-13(8)21-9-4-3-7(17)5-10(9)25-14(11)21/h2-5,10-11H,6-9H2,1H3,(H,29,30);3-6H,2H2,1H3. The van der Waals surface area contributed by atoms with Gasteiger partial charge in [-0.2, -0.15) is 9.97 Å². The van der Waals surface area contributed by atoms with Crippen molar-refractivity contribution in [1.82, 2.24) is 33.6 Å². The van der Waals surface area contributed by atoms with Crippen molar-refractivity contribution in [3.8, 4) is 0 Å². The van der Waals surface area contributed by atoms with Crippen molar-refractivity contribution in [2.75, 3.05) is 44.7 Å². The Morgan fingerprint density at radius 1 is 0.839 bits per heavy atom. The van der Waals surface area contributed by atoms with E-state index in [1.807, 2.05) is 36.4 Å². The molecule has 284 valence electrons. The minimum absolute atomic E-state index is 0.0161. The molecule has 56 heavy (non-hydrogen) atoms. The molecule has 19 heteroatoms. The Labute approximate surface area is 345 Å². The fraction of sp³-hybridized carbons (Fsp3) is 0.243. The number of carbonyl (C=O) groups excluding carboxylic acids is 1. The third kappa shape index (κ3) is 6.04. The number of halogens is 3. The summed E-state index contributed by atoms with van der Waals surface area (Å²) in [6.45, 7) is 5.80. The Hall–Kier alpha value is -4.59. The maximum atomic E-state index is 13.1. The lowest BCUT2D eigenvalue weighted by Gasteiger charge is -2.19. The van der Waals surface area contributed by atoms with E-state index < -0.39 is 22.8 Å². The van der Waals surface area contributed by atoms with Gasteiger partial charge in [0.25, 0.3) is 0 Å². The molecule has 0 bridgehead atoms. The normalized spacial score (nSPS) is 17.1. The highest BCUT2D eigenvalue weighted by molar-refractivity contribution is 9.10. The number of esters is 1. The summed E-state index contributed by atoms with van der Waals surface area (Å²) in [6.07, 6.45) is 2.83. The first-order chi connectivity index (χ1) is 26.9. The Bertz CT molecular complexity index is 3100. The first-order valence-corrected chi connectivity index (χ1v) is 20.9. The van der Waals surface area contributed by atoms with E-state index in [2.05, 4.69) is 63.7 Å². The van der Waals surface area contributed by atoms with Crippen LogP contribution in [0.5, 0.6) is 0 Å². The summed E-state index contributed by atoms with van der Waals surface area (Å²) in [7, 11) is 2.15. The van der Waals surface area contributed by atoms with Crippen LogP contribution in [-0.2, 0) is 4.74 Å². The Morgan fingerprint density at radius 2 is 1.38 bits per heavy atom. The lowest BCUT2D eigenvalue weighted by atomic mass is 10.0. The van der Waals surface area contributed by atoms with Gasteiger partial charge in [-0.25, -0.2) is 19.6 Å². The highest BCUT2D eigenvalue weighted by Gasteiger charge is 2.39. The van der Waals surface area contributed by atoms with Crippen LogP contribution in [0, 0.1) is 11.8 Å². The van der Waals surface area contributed by atoms with Gasteiger partial charge < -0.3 is 19.6 Å². The molecule has 2 fully saturated rings. The Kier molecular flexibility index (Phi) is 9.32. The van der Waals surface area contributed by atoms with Gasteiger partial charge >= 0.3 is 11.9 Å². The van der Waals surface area contributed by atoms with E-state index in [0.717, 1.165) is 55.6 Å². The number of hydrogen-bond donors (Lipinski definition) is 1. The highest BCUT2D eigenvalue weighted by Crippen LogP contribution is 2.36. The number of rotatable bonds is 4. The van der Waals surface area contributed by atoms with Gasteiger partial charge in [-0.1, -0.05) is 31.9 Å². The second-order valence-corrected chi connectivity index (χ2v) is 17.8. The zero-order chi connectivity index (χ0) is 39.2. The molecule has 2 aromatic carbocycles. The van der Waals surface area contributed by atoms with Crippen LogP contribution in [0.3, 0.4) is 0 Å². The van der Waals surface area contributed by atoms with Crippen LogP contribution in [0.1, 0.15) is 27.6 Å². The van der Waals surface area contributed by atoms with Crippen LogP contribution >= 0.6 is 66.1 Å². The number of anilines is 1. The average Bonchev–Trinajstić information content (AvgIpc) is 3.91. The van der Waals surface area contributed by atoms with Crippen molar-refractivity contribution in [1.29, 1.82) is 0 Å². The predicted molar refractivity (Wildman–Crippen MR) is 224 cm³/mol. The van der Waals surface area contributed by atoms with Crippen LogP contribution in [0.25, 0.3) is 52.2 Å². The fourth-order valence-electron chi connectivity index (χ4n) is 7.73. The van der Waals surface area contributed by atoms with Gasteiger partial charge in [0.2, 0.25) is 22.1 Å². The molecule has 10 rings (SSSR count). The van der Waals surface area contributed by atoms with Crippen LogP contribution in [0.15, 0.2) is 67.3 Å². The molecule has 14 nitrogen and oxygen atoms in total. The molecule has 2 aliphatic rings. The summed E-state index contributed by atoms with van der Waals surface area (Å²) in [4.78, 5) is 73.1. The van der Waals surface area contributed by atoms with Crippen LogP contribution in [-0.4, -0.2) is 90.5 Å². The lowest BCUT2D eigenvalue weighted by Crippen LogP contribution is -2.28. The molecule has 2 atom stereocenters. The van der Waals surface area contributed by atoms with Gasteiger partial charge in [-0.15, -0.1) is 22.7 Å². The topological polar surface area (TPSA) is 165 Å². The molecular formula is C37H27Br2ClN8O6S2. The summed E-state index contributed by atoms with van der Waals surface area (Å²) < 4.78 is 12.2. The average molecular weight is 939 g/mol. The van der Waals surface area contributed by atoms with Gasteiger partial charge in [0.1, 0.15) is 20.8 Å². The molecule has 1 N–H and O–H groups in total. The maximum Gasteiger partial charge on any atom is 0.345 e. The van der Waals surface area contributed by atoms with Crippen LogP contribution in [0.4, 0.5) is 5.95 Å². The lowest BCUT2D eigenvalue weighted by molar-refractivity contribution is 0.0526. The second-order valence-electron chi connectivity index (χ2n) is 13.6. The van der Waals surface area contributed by atoms with Crippen LogP contribution < -0.4 is 15.8 Å². The molecule has 0 amide bonds. The van der Waals surface area contributed by atoms with Crippen molar-refractivity contribution in [2.45, 2.75) is 6.92 Å². The molecule has 2 saturated heterocycles. The number of carboxylic acid groups (broad SMARTS) is 1. The number of carbonyl (C=O) groups is 2. The van der Waals surface area contributed by atoms with Gasteiger partial charge in [-0.05, 0) is 73.8 Å². The molecular weight excluding hydrogens is 912 g/mol. The van der Waals surface area contributed by atoms with Gasteiger partial charge in [0, 0.05) is 47.5 Å². The molecule has 6 aromatic heterocycles. The predicted octanol–water partition coefficient (Wildman–Crippen LogP) is 6.97. The number of thiazole rings is 2. The van der Waals surface area contributed by atoms with Crippen molar-refractivity contribution in [3.05, 3.63) is 94.6 Å². The molecule has 8 heterocycles. The number of likely N-dealkylation sites (tertiary alicyclic amines) is 1. The molecule has 0 radical (unpaired) electrons. The molecule has 0 saturated carbocycles. The molecule has 2 unspecified atom stereocenters. The van der Waals surface area contributed by atoms with Crippen LogP contribution in [0.2, 0.25) is 5.28 Å². The Morgan fingerprint density at radius 3 is 1.95 bits per heavy atom. The maximum absolute atomic E-state index is 13.1. The van der Waals surface area contributed by atoms with E-state index in [9.17, 15) is 24.3 Å². The minimum Gasteiger partial charge on any atom is -0.477 e. The molecule has 8 aromatic rings. The minimum atomic E-state index is -1.24. The molecule has 0 spiro atoms. The zero-order valence-corrected chi connectivity index (χ0v) is 34.9. The first kappa shape index (κ1) is 37.0. The number of nitrogens with zero attached hydrogens (tertiary/aromatic N) is 8. The smallest absolute Gasteiger partial charge is 0.345 e. The van der Waals surface area contributed by atoms with Crippen molar-refractivity contribution >= 4 is 136 Å². The third-order valence-electron chi connectivity index (χ3n) is 10.1. The SMILES string of the molecule is CCOC(=O)c1c(=O)c2cnc(Cl)nc2n2c1sc1cc(Br)ccc12.CN1CC2CN(c3ncc4c(=O)c(C(=O)O)c5sc6cc(Br)ccc6n5c4n3)CC2C1. The number of fused-ring (bicyclic) bond motifs is 11. The van der Waals surface area contributed by atoms with Crippen molar-refractivity contribution in [3.63, 3.8) is 0 Å². The summed E-state index contributed by atoms with van der Waals surface area (Å²) in [5.41, 5.74) is 1.20. The van der Waals surface area contributed by atoms with E-state index >= 15 is 0 Å². The van der Waals surface area contributed by atoms with E-state index in [1.165, 1.54) is 35.1 Å². The fourth-order valence-corrected chi connectivity index (χ4v) is 11.3. The summed E-state index contributed by atoms with van der Waals surface area (Å²) in [5.74, 6) is -0.109. The highest BCUT2D eigenvalue weighted by atomic mass is 79.9. The number of carboxylic acids is 1. The summed E-state index contributed by atoms with van der Waals surface area (Å²) >= 11 is 15.4. The molecule has 0 aliphatic carbocycles. The number of benzene rings is 2. The largest absolute Gasteiger partial charge is 0.477 e. The quantitative estimate of drug-likeness (QED) is 0.143. The van der Waals surface area contributed by atoms with Gasteiger partial charge in [-0.3, -0.25) is 18.4 Å². The first-order valence-electron chi connectivity index (χ1n) is 17.3. The van der Waals surface area contributed by atoms with E-state index in [1.54, 1.807) is 15.7 Å². The number of aromatic nitrogens is 6. The van der Waals surface area contributed by atoms with E-state index in [0.29, 0.717) is 38.7 Å². The second kappa shape index (κ2) is 14.1. The Balaban J connectivity index is 0.000000150. The molecule has 2 aliphatic heterocycles. The third-order valence-corrected chi connectivity index (χ3v) is 13.5. The van der Waals surface area contributed by atoms with Crippen molar-refractivity contribution < 1.29 is 19.4 Å². The monoisotopic (exact) mass is 936 g/mol. The number of pyridine rings is 2. The number of hydrogen-bond acceptors (Lipinski definition) is 13. The summed E-state index contributed by atoms with van der Waals surface area (Å²) in [5, 5.41) is 10.2. The van der Waals surface area contributed by atoms with Gasteiger partial charge in [0.05, 0.1) is 37.8 Å².